The molecule has 1 aliphatic heterocycles. The maximum absolute atomic E-state index is 12.8. The quantitative estimate of drug-likeness (QED) is 0.828. The van der Waals surface area contributed by atoms with E-state index in [0.29, 0.717) is 44.0 Å². The van der Waals surface area contributed by atoms with Crippen molar-refractivity contribution in [1.29, 1.82) is 0 Å². The van der Waals surface area contributed by atoms with E-state index >= 15 is 0 Å². The van der Waals surface area contributed by atoms with E-state index in [0.717, 1.165) is 30.8 Å². The van der Waals surface area contributed by atoms with Gasteiger partial charge in [-0.15, -0.1) is 0 Å². The minimum absolute atomic E-state index is 0.0424. The van der Waals surface area contributed by atoms with Gasteiger partial charge in [0.2, 0.25) is 5.91 Å². The first-order valence-electron chi connectivity index (χ1n) is 10.4. The monoisotopic (exact) mass is 396 g/mol. The number of anilines is 1. The van der Waals surface area contributed by atoms with Gasteiger partial charge in [-0.1, -0.05) is 18.6 Å². The van der Waals surface area contributed by atoms with Gasteiger partial charge in [0.25, 0.3) is 0 Å². The number of para-hydroxylation sites is 1. The summed E-state index contributed by atoms with van der Waals surface area (Å²) in [5, 5.41) is 20.0. The van der Waals surface area contributed by atoms with E-state index in [9.17, 15) is 15.0 Å². The highest BCUT2D eigenvalue weighted by Gasteiger charge is 2.31. The van der Waals surface area contributed by atoms with Crippen LogP contribution in [-0.2, 0) is 4.79 Å². The fourth-order valence-electron chi connectivity index (χ4n) is 4.30. The molecule has 2 aromatic rings. The van der Waals surface area contributed by atoms with E-state index in [4.69, 9.17) is 0 Å². The highest BCUT2D eigenvalue weighted by atomic mass is 16.3. The van der Waals surface area contributed by atoms with Gasteiger partial charge in [0, 0.05) is 43.9 Å². The number of hydrogen-bond acceptors (Lipinski definition) is 6. The second kappa shape index (κ2) is 8.37. The van der Waals surface area contributed by atoms with Crippen molar-refractivity contribution in [2.45, 2.75) is 38.7 Å². The molecule has 2 fully saturated rings. The van der Waals surface area contributed by atoms with Gasteiger partial charge in [-0.2, -0.15) is 0 Å². The molecule has 29 heavy (non-hydrogen) atoms. The Hall–Kier alpha value is -2.67. The first-order chi connectivity index (χ1) is 14.0. The topological polar surface area (TPSA) is 89.8 Å². The third-order valence-electron chi connectivity index (χ3n) is 5.90. The van der Waals surface area contributed by atoms with Crippen molar-refractivity contribution in [3.05, 3.63) is 36.0 Å². The minimum Gasteiger partial charge on any atom is -0.507 e. The zero-order valence-electron chi connectivity index (χ0n) is 16.8. The van der Waals surface area contributed by atoms with Crippen LogP contribution in [0.15, 0.2) is 30.3 Å². The van der Waals surface area contributed by atoms with Gasteiger partial charge in [0.15, 0.2) is 5.82 Å². The molecule has 1 amide bonds. The number of benzene rings is 1. The summed E-state index contributed by atoms with van der Waals surface area (Å²) < 4.78 is 0. The van der Waals surface area contributed by atoms with Crippen LogP contribution < -0.4 is 4.90 Å². The first kappa shape index (κ1) is 19.6. The summed E-state index contributed by atoms with van der Waals surface area (Å²) >= 11 is 0. The van der Waals surface area contributed by atoms with E-state index < -0.39 is 0 Å². The highest BCUT2D eigenvalue weighted by Crippen LogP contribution is 2.29. The second-order valence-electron chi connectivity index (χ2n) is 8.04. The summed E-state index contributed by atoms with van der Waals surface area (Å²) in [6.45, 7) is 4.64. The summed E-state index contributed by atoms with van der Waals surface area (Å²) in [7, 11) is 0. The zero-order chi connectivity index (χ0) is 20.4. The Morgan fingerprint density at radius 2 is 1.86 bits per heavy atom. The van der Waals surface area contributed by atoms with Crippen molar-refractivity contribution in [3.63, 3.8) is 0 Å². The number of aliphatic hydroxyl groups is 1. The van der Waals surface area contributed by atoms with Crippen molar-refractivity contribution >= 4 is 11.7 Å². The number of aromatic hydroxyl groups is 1. The first-order valence-corrected chi connectivity index (χ1v) is 10.4. The van der Waals surface area contributed by atoms with Gasteiger partial charge in [-0.3, -0.25) is 4.79 Å². The highest BCUT2D eigenvalue weighted by molar-refractivity contribution is 5.79. The SMILES string of the molecule is Cc1cc(N2CCN(C(=O)[C@H]3CCC[C@H](O)C3)CC2)nc(-c2ccccc2O)n1. The predicted molar refractivity (Wildman–Crippen MR) is 111 cm³/mol. The van der Waals surface area contributed by atoms with Crippen molar-refractivity contribution in [2.24, 2.45) is 5.92 Å². The van der Waals surface area contributed by atoms with Gasteiger partial charge < -0.3 is 20.0 Å². The molecule has 1 saturated carbocycles. The molecule has 2 atom stereocenters. The molecule has 1 aliphatic carbocycles. The van der Waals surface area contributed by atoms with E-state index in [1.807, 2.05) is 30.0 Å². The molecule has 2 aliphatic rings. The van der Waals surface area contributed by atoms with Gasteiger partial charge in [0.05, 0.1) is 11.7 Å². The number of phenols is 1. The number of rotatable bonds is 3. The summed E-state index contributed by atoms with van der Waals surface area (Å²) in [6, 6.07) is 9.01. The third-order valence-corrected chi connectivity index (χ3v) is 5.90. The fourth-order valence-corrected chi connectivity index (χ4v) is 4.30. The van der Waals surface area contributed by atoms with Crippen LogP contribution in [0.1, 0.15) is 31.4 Å². The maximum Gasteiger partial charge on any atom is 0.225 e. The standard InChI is InChI=1S/C22H28N4O3/c1-15-13-20(24-21(23-15)18-7-2-3-8-19(18)28)25-9-11-26(12-10-25)22(29)16-5-4-6-17(27)14-16/h2-3,7-8,13,16-17,27-28H,4-6,9-12,14H2,1H3/t16-,17-/m0/s1. The Morgan fingerprint density at radius 1 is 1.10 bits per heavy atom. The van der Waals surface area contributed by atoms with Gasteiger partial charge in [0.1, 0.15) is 11.6 Å². The molecule has 7 heteroatoms. The Kier molecular flexibility index (Phi) is 5.67. The lowest BCUT2D eigenvalue weighted by Gasteiger charge is -2.38. The van der Waals surface area contributed by atoms with E-state index in [2.05, 4.69) is 14.9 Å². The third kappa shape index (κ3) is 4.34. The molecule has 0 unspecified atom stereocenters. The number of aliphatic hydroxyl groups excluding tert-OH is 1. The van der Waals surface area contributed by atoms with Crippen molar-refractivity contribution in [2.75, 3.05) is 31.1 Å². The van der Waals surface area contributed by atoms with Crippen molar-refractivity contribution in [3.8, 4) is 17.1 Å². The maximum atomic E-state index is 12.8. The van der Waals surface area contributed by atoms with Gasteiger partial charge >= 0.3 is 0 Å². The Bertz CT molecular complexity index is 880. The summed E-state index contributed by atoms with van der Waals surface area (Å²) in [6.07, 6.45) is 2.87. The van der Waals surface area contributed by atoms with Crippen LogP contribution in [-0.4, -0.2) is 63.3 Å². The molecule has 154 valence electrons. The number of piperazine rings is 1. The molecular formula is C22H28N4O3. The number of phenolic OH excluding ortho intramolecular Hbond substituents is 1. The van der Waals surface area contributed by atoms with Crippen LogP contribution in [0.5, 0.6) is 5.75 Å². The molecule has 0 radical (unpaired) electrons. The van der Waals surface area contributed by atoms with Gasteiger partial charge in [-0.05, 0) is 38.3 Å². The Balaban J connectivity index is 1.45. The van der Waals surface area contributed by atoms with Crippen LogP contribution in [0, 0.1) is 12.8 Å². The normalized spacial score (nSPS) is 22.6. The minimum atomic E-state index is -0.337. The zero-order valence-corrected chi connectivity index (χ0v) is 16.8. The number of aryl methyl sites for hydroxylation is 1. The van der Waals surface area contributed by atoms with Crippen LogP contribution in [0.4, 0.5) is 5.82 Å². The molecule has 1 aromatic heterocycles. The van der Waals surface area contributed by atoms with Crippen molar-refractivity contribution < 1.29 is 15.0 Å². The molecule has 4 rings (SSSR count). The van der Waals surface area contributed by atoms with Crippen molar-refractivity contribution in [1.82, 2.24) is 14.9 Å². The summed E-state index contributed by atoms with van der Waals surface area (Å²) in [5.74, 6) is 1.62. The number of carbonyl (C=O) groups is 1. The van der Waals surface area contributed by atoms with Gasteiger partial charge in [-0.25, -0.2) is 9.97 Å². The molecule has 1 saturated heterocycles. The fraction of sp³-hybridized carbons (Fsp3) is 0.500. The average Bonchev–Trinajstić information content (AvgIpc) is 2.73. The van der Waals surface area contributed by atoms with E-state index in [1.165, 1.54) is 0 Å². The number of hydrogen-bond donors (Lipinski definition) is 2. The Labute approximate surface area is 171 Å². The lowest BCUT2D eigenvalue weighted by molar-refractivity contribution is -0.138. The Morgan fingerprint density at radius 3 is 2.59 bits per heavy atom. The molecular weight excluding hydrogens is 368 g/mol. The summed E-state index contributed by atoms with van der Waals surface area (Å²) in [4.78, 5) is 26.1. The van der Waals surface area contributed by atoms with Crippen LogP contribution >= 0.6 is 0 Å². The number of aromatic nitrogens is 2. The number of amides is 1. The molecule has 7 nitrogen and oxygen atoms in total. The van der Waals surface area contributed by atoms with Crippen LogP contribution in [0.3, 0.4) is 0 Å². The molecule has 0 bridgehead atoms. The molecule has 0 spiro atoms. The van der Waals surface area contributed by atoms with Crippen LogP contribution in [0.25, 0.3) is 11.4 Å². The average molecular weight is 396 g/mol. The van der Waals surface area contributed by atoms with Crippen LogP contribution in [0.2, 0.25) is 0 Å². The smallest absolute Gasteiger partial charge is 0.225 e. The van der Waals surface area contributed by atoms with E-state index in [-0.39, 0.29) is 23.7 Å². The number of carbonyl (C=O) groups excluding carboxylic acids is 1. The number of nitrogens with zero attached hydrogens (tertiary/aromatic N) is 4. The molecule has 2 heterocycles. The second-order valence-corrected chi connectivity index (χ2v) is 8.04. The predicted octanol–water partition coefficient (Wildman–Crippen LogP) is 2.36. The molecule has 1 aromatic carbocycles. The van der Waals surface area contributed by atoms with E-state index in [1.54, 1.807) is 12.1 Å². The summed E-state index contributed by atoms with van der Waals surface area (Å²) in [5.41, 5.74) is 1.45. The lowest BCUT2D eigenvalue weighted by Crippen LogP contribution is -2.51. The lowest BCUT2D eigenvalue weighted by atomic mass is 9.86. The molecule has 2 N–H and O–H groups in total. The largest absolute Gasteiger partial charge is 0.507 e.